The van der Waals surface area contributed by atoms with E-state index in [2.05, 4.69) is 59.1 Å². The maximum absolute atomic E-state index is 12.9. The fourth-order valence-corrected chi connectivity index (χ4v) is 6.50. The molecule has 2 aliphatic heterocycles. The van der Waals surface area contributed by atoms with Crippen molar-refractivity contribution in [2.75, 3.05) is 6.54 Å². The number of nitrogens with zero attached hydrogens (tertiary/aromatic N) is 1. The van der Waals surface area contributed by atoms with Gasteiger partial charge in [0.25, 0.3) is 0 Å². The average molecular weight is 364 g/mol. The number of carbonyl (C=O) groups excluding carboxylic acids is 2. The quantitative estimate of drug-likeness (QED) is 0.704. The van der Waals surface area contributed by atoms with E-state index < -0.39 is 5.91 Å². The van der Waals surface area contributed by atoms with Crippen LogP contribution in [0, 0.1) is 10.8 Å². The predicted octanol–water partition coefficient (Wildman–Crippen LogP) is 2.84. The molecule has 5 nitrogen and oxygen atoms in total. The summed E-state index contributed by atoms with van der Waals surface area (Å²) in [4.78, 5) is 27.6. The summed E-state index contributed by atoms with van der Waals surface area (Å²) in [6.07, 6.45) is 4.82. The summed E-state index contributed by atoms with van der Waals surface area (Å²) < 4.78 is 0. The summed E-state index contributed by atoms with van der Waals surface area (Å²) in [7, 11) is 0. The van der Waals surface area contributed by atoms with Crippen LogP contribution in [-0.4, -0.2) is 46.4 Å². The third kappa shape index (κ3) is 4.08. The van der Waals surface area contributed by atoms with E-state index in [-0.39, 0.29) is 39.9 Å². The van der Waals surface area contributed by atoms with Crippen LogP contribution >= 0.6 is 0 Å². The van der Waals surface area contributed by atoms with E-state index in [4.69, 9.17) is 0 Å². The highest BCUT2D eigenvalue weighted by Gasteiger charge is 2.52. The average Bonchev–Trinajstić information content (AvgIpc) is 2.63. The molecule has 0 radical (unpaired) electrons. The van der Waals surface area contributed by atoms with Crippen LogP contribution in [0.3, 0.4) is 0 Å². The van der Waals surface area contributed by atoms with Crippen molar-refractivity contribution in [2.45, 2.75) is 104 Å². The zero-order chi connectivity index (χ0) is 19.5. The van der Waals surface area contributed by atoms with Gasteiger partial charge in [-0.25, -0.2) is 0 Å². The molecule has 2 unspecified atom stereocenters. The molecule has 5 heteroatoms. The Hall–Kier alpha value is -1.10. The van der Waals surface area contributed by atoms with Crippen molar-refractivity contribution in [3.8, 4) is 0 Å². The minimum Gasteiger partial charge on any atom is -0.345 e. The second-order valence-corrected chi connectivity index (χ2v) is 11.6. The van der Waals surface area contributed by atoms with Crippen molar-refractivity contribution >= 4 is 11.8 Å². The molecular weight excluding hydrogens is 326 g/mol. The van der Waals surface area contributed by atoms with Crippen molar-refractivity contribution in [1.82, 2.24) is 15.5 Å². The van der Waals surface area contributed by atoms with Gasteiger partial charge in [0.05, 0.1) is 0 Å². The van der Waals surface area contributed by atoms with E-state index >= 15 is 0 Å². The Morgan fingerprint density at radius 2 is 1.50 bits per heavy atom. The molecule has 0 aromatic carbocycles. The van der Waals surface area contributed by atoms with E-state index in [1.165, 1.54) is 0 Å². The molecule has 2 N–H and O–H groups in total. The van der Waals surface area contributed by atoms with Gasteiger partial charge in [0.1, 0.15) is 0 Å². The van der Waals surface area contributed by atoms with Crippen LogP contribution < -0.4 is 10.6 Å². The Kier molecular flexibility index (Phi) is 4.50. The molecule has 2 atom stereocenters. The largest absolute Gasteiger partial charge is 0.345 e. The topological polar surface area (TPSA) is 61.4 Å². The van der Waals surface area contributed by atoms with E-state index in [1.807, 2.05) is 4.90 Å². The zero-order valence-electron chi connectivity index (χ0n) is 17.7. The van der Waals surface area contributed by atoms with Crippen molar-refractivity contribution in [3.63, 3.8) is 0 Å². The van der Waals surface area contributed by atoms with Crippen LogP contribution in [0.5, 0.6) is 0 Å². The van der Waals surface area contributed by atoms with Gasteiger partial charge in [-0.3, -0.25) is 9.59 Å². The highest BCUT2D eigenvalue weighted by atomic mass is 16.2. The fourth-order valence-electron chi connectivity index (χ4n) is 6.50. The molecule has 26 heavy (non-hydrogen) atoms. The first-order chi connectivity index (χ1) is 11.7. The number of rotatable bonds is 1. The molecule has 3 fully saturated rings. The molecule has 0 aromatic heterocycles. The second kappa shape index (κ2) is 5.95. The Bertz CT molecular complexity index is 594. The number of hydrogen-bond donors (Lipinski definition) is 2. The SMILES string of the molecule is CC1(C)CC2CC(C)(CN2C(=O)C(=O)NC2CC(C)(C)NC(C)(C)C2)C1. The van der Waals surface area contributed by atoms with E-state index in [9.17, 15) is 9.59 Å². The van der Waals surface area contributed by atoms with E-state index in [0.29, 0.717) is 0 Å². The molecule has 2 amide bonds. The lowest BCUT2D eigenvalue weighted by atomic mass is 9.65. The number of piperidine rings is 1. The maximum Gasteiger partial charge on any atom is 0.312 e. The van der Waals surface area contributed by atoms with Crippen LogP contribution in [-0.2, 0) is 9.59 Å². The van der Waals surface area contributed by atoms with Gasteiger partial charge in [0.2, 0.25) is 0 Å². The highest BCUT2D eigenvalue weighted by Crippen LogP contribution is 2.52. The minimum absolute atomic E-state index is 0.0340. The minimum atomic E-state index is -0.419. The summed E-state index contributed by atoms with van der Waals surface area (Å²) in [5, 5.41) is 6.67. The first-order valence-corrected chi connectivity index (χ1v) is 10.1. The smallest absolute Gasteiger partial charge is 0.312 e. The van der Waals surface area contributed by atoms with Gasteiger partial charge in [-0.15, -0.1) is 0 Å². The van der Waals surface area contributed by atoms with Gasteiger partial charge in [-0.1, -0.05) is 20.8 Å². The Labute approximate surface area is 158 Å². The van der Waals surface area contributed by atoms with Crippen molar-refractivity contribution in [2.24, 2.45) is 10.8 Å². The molecule has 2 bridgehead atoms. The van der Waals surface area contributed by atoms with Gasteiger partial charge in [0, 0.05) is 29.7 Å². The standard InChI is InChI=1S/C21H37N3O2/c1-18(2)10-15-11-21(7,12-18)13-24(15)17(26)16(25)22-14-8-19(3,4)23-20(5,6)9-14/h14-15,23H,8-13H2,1-7H3,(H,22,25). The van der Waals surface area contributed by atoms with Crippen LogP contribution in [0.2, 0.25) is 0 Å². The highest BCUT2D eigenvalue weighted by molar-refractivity contribution is 6.35. The third-order valence-electron chi connectivity index (χ3n) is 6.40. The van der Waals surface area contributed by atoms with Crippen molar-refractivity contribution in [1.29, 1.82) is 0 Å². The number of likely N-dealkylation sites (tertiary alicyclic amines) is 1. The summed E-state index contributed by atoms with van der Waals surface area (Å²) >= 11 is 0. The van der Waals surface area contributed by atoms with E-state index in [0.717, 1.165) is 38.6 Å². The van der Waals surface area contributed by atoms with Crippen LogP contribution in [0.15, 0.2) is 0 Å². The van der Waals surface area contributed by atoms with Gasteiger partial charge in [-0.2, -0.15) is 0 Å². The predicted molar refractivity (Wildman–Crippen MR) is 104 cm³/mol. The molecule has 148 valence electrons. The summed E-state index contributed by atoms with van der Waals surface area (Å²) in [6, 6.07) is 0.245. The lowest BCUT2D eigenvalue weighted by Gasteiger charge is -2.46. The van der Waals surface area contributed by atoms with Crippen molar-refractivity contribution < 1.29 is 9.59 Å². The second-order valence-electron chi connectivity index (χ2n) is 11.6. The molecule has 2 saturated heterocycles. The molecule has 1 aliphatic carbocycles. The first kappa shape index (κ1) is 19.7. The molecule has 3 aliphatic rings. The van der Waals surface area contributed by atoms with Gasteiger partial charge >= 0.3 is 11.8 Å². The Balaban J connectivity index is 1.66. The van der Waals surface area contributed by atoms with Crippen LogP contribution in [0.4, 0.5) is 0 Å². The number of amides is 2. The Morgan fingerprint density at radius 3 is 2.08 bits per heavy atom. The van der Waals surface area contributed by atoms with Gasteiger partial charge in [0.15, 0.2) is 0 Å². The molecule has 2 heterocycles. The summed E-state index contributed by atoms with van der Waals surface area (Å²) in [6.45, 7) is 16.2. The van der Waals surface area contributed by atoms with Crippen LogP contribution in [0.1, 0.15) is 80.6 Å². The normalized spacial score (nSPS) is 35.2. The summed E-state index contributed by atoms with van der Waals surface area (Å²) in [5.41, 5.74) is 0.294. The lowest BCUT2D eigenvalue weighted by Crippen LogP contribution is -2.63. The number of fused-ring (bicyclic) bond motifs is 2. The molecule has 0 aromatic rings. The molecule has 1 saturated carbocycles. The maximum atomic E-state index is 12.9. The third-order valence-corrected chi connectivity index (χ3v) is 6.40. The molecule has 0 spiro atoms. The van der Waals surface area contributed by atoms with Crippen LogP contribution in [0.25, 0.3) is 0 Å². The lowest BCUT2D eigenvalue weighted by molar-refractivity contribution is -0.147. The molecule has 3 rings (SSSR count). The van der Waals surface area contributed by atoms with E-state index in [1.54, 1.807) is 0 Å². The monoisotopic (exact) mass is 363 g/mol. The number of carbonyl (C=O) groups is 2. The zero-order valence-corrected chi connectivity index (χ0v) is 17.7. The van der Waals surface area contributed by atoms with Gasteiger partial charge < -0.3 is 15.5 Å². The first-order valence-electron chi connectivity index (χ1n) is 10.1. The fraction of sp³-hybridized carbons (Fsp3) is 0.905. The number of nitrogens with one attached hydrogen (secondary N) is 2. The van der Waals surface area contributed by atoms with Crippen molar-refractivity contribution in [3.05, 3.63) is 0 Å². The summed E-state index contributed by atoms with van der Waals surface area (Å²) in [5.74, 6) is -0.747. The molecular formula is C21H37N3O2. The Morgan fingerprint density at radius 1 is 0.923 bits per heavy atom. The van der Waals surface area contributed by atoms with Gasteiger partial charge in [-0.05, 0) is 70.6 Å². The number of hydrogen-bond acceptors (Lipinski definition) is 3.